The lowest BCUT2D eigenvalue weighted by atomic mass is 10.1. The molecule has 0 aliphatic carbocycles. The third-order valence-corrected chi connectivity index (χ3v) is 5.01. The molecule has 4 heteroatoms. The third kappa shape index (κ3) is 3.70. The summed E-state index contributed by atoms with van der Waals surface area (Å²) in [5, 5.41) is 0.724. The highest BCUT2D eigenvalue weighted by atomic mass is 32.2. The Hall–Kier alpha value is -0.580. The predicted molar refractivity (Wildman–Crippen MR) is 74.2 cm³/mol. The van der Waals surface area contributed by atoms with Crippen LogP contribution >= 0.6 is 11.8 Å². The zero-order valence-electron chi connectivity index (χ0n) is 10.6. The summed E-state index contributed by atoms with van der Waals surface area (Å²) in [6, 6.07) is 6.80. The van der Waals surface area contributed by atoms with E-state index in [9.17, 15) is 4.39 Å². The smallest absolute Gasteiger partial charge is 0.123 e. The molecule has 2 rings (SSSR count). The molecule has 1 aliphatic rings. The molecule has 0 spiro atoms. The topological polar surface area (TPSA) is 35.2 Å². The Balaban J connectivity index is 2.07. The summed E-state index contributed by atoms with van der Waals surface area (Å²) in [6.07, 6.45) is 2.12. The fourth-order valence-electron chi connectivity index (χ4n) is 2.21. The average molecular weight is 269 g/mol. The molecule has 0 aromatic heterocycles. The molecule has 1 aromatic rings. The van der Waals surface area contributed by atoms with E-state index in [1.165, 1.54) is 6.07 Å². The summed E-state index contributed by atoms with van der Waals surface area (Å²) >= 11 is 1.86. The molecule has 1 fully saturated rings. The number of rotatable bonds is 4. The van der Waals surface area contributed by atoms with E-state index in [0.29, 0.717) is 5.25 Å². The maximum Gasteiger partial charge on any atom is 0.123 e. The number of benzene rings is 1. The first kappa shape index (κ1) is 13.8. The minimum absolute atomic E-state index is 0.0136. The van der Waals surface area contributed by atoms with Gasteiger partial charge in [-0.15, -0.1) is 11.8 Å². The first-order chi connectivity index (χ1) is 8.66. The summed E-state index contributed by atoms with van der Waals surface area (Å²) in [5.74, 6) is -0.189. The quantitative estimate of drug-likeness (QED) is 0.912. The second-order valence-corrected chi connectivity index (χ2v) is 6.23. The van der Waals surface area contributed by atoms with Crippen molar-refractivity contribution in [3.05, 3.63) is 35.6 Å². The molecule has 2 atom stereocenters. The standard InChI is InChI=1S/C14H20FNOS/c1-10(16)14(11-3-2-4-12(15)9-11)18-13-5-7-17-8-6-13/h2-4,9-10,13-14H,5-8,16H2,1H3. The van der Waals surface area contributed by atoms with Gasteiger partial charge in [0.2, 0.25) is 0 Å². The van der Waals surface area contributed by atoms with Gasteiger partial charge in [0.05, 0.1) is 0 Å². The van der Waals surface area contributed by atoms with Crippen molar-refractivity contribution in [2.75, 3.05) is 13.2 Å². The van der Waals surface area contributed by atoms with E-state index in [1.807, 2.05) is 24.8 Å². The van der Waals surface area contributed by atoms with Gasteiger partial charge in [-0.25, -0.2) is 4.39 Å². The maximum absolute atomic E-state index is 13.3. The molecule has 2 N–H and O–H groups in total. The summed E-state index contributed by atoms with van der Waals surface area (Å²) in [7, 11) is 0. The van der Waals surface area contributed by atoms with Crippen molar-refractivity contribution < 1.29 is 9.13 Å². The number of hydrogen-bond donors (Lipinski definition) is 1. The van der Waals surface area contributed by atoms with Crippen LogP contribution in [0, 0.1) is 5.82 Å². The van der Waals surface area contributed by atoms with Crippen molar-refractivity contribution in [2.24, 2.45) is 5.73 Å². The Bertz CT molecular complexity index is 380. The largest absolute Gasteiger partial charge is 0.381 e. The van der Waals surface area contributed by atoms with Gasteiger partial charge in [0.1, 0.15) is 5.82 Å². The van der Waals surface area contributed by atoms with Crippen molar-refractivity contribution in [3.8, 4) is 0 Å². The van der Waals surface area contributed by atoms with E-state index in [1.54, 1.807) is 12.1 Å². The number of thioether (sulfide) groups is 1. The fraction of sp³-hybridized carbons (Fsp3) is 0.571. The Morgan fingerprint density at radius 3 is 2.72 bits per heavy atom. The highest BCUT2D eigenvalue weighted by Crippen LogP contribution is 2.38. The van der Waals surface area contributed by atoms with Crippen LogP contribution in [-0.2, 0) is 4.74 Å². The van der Waals surface area contributed by atoms with Crippen LogP contribution < -0.4 is 5.73 Å². The minimum atomic E-state index is -0.189. The van der Waals surface area contributed by atoms with Crippen LogP contribution in [0.4, 0.5) is 4.39 Å². The second-order valence-electron chi connectivity index (χ2n) is 4.78. The van der Waals surface area contributed by atoms with Gasteiger partial charge in [0.15, 0.2) is 0 Å². The Kier molecular flexibility index (Phi) is 5.03. The molecule has 0 bridgehead atoms. The van der Waals surface area contributed by atoms with E-state index in [4.69, 9.17) is 10.5 Å². The molecular formula is C14H20FNOS. The molecule has 1 aromatic carbocycles. The minimum Gasteiger partial charge on any atom is -0.381 e. The second kappa shape index (κ2) is 6.55. The normalized spacial score (nSPS) is 20.6. The van der Waals surface area contributed by atoms with Crippen molar-refractivity contribution in [2.45, 2.75) is 36.3 Å². The average Bonchev–Trinajstić information content (AvgIpc) is 2.37. The fourth-order valence-corrected chi connectivity index (χ4v) is 3.64. The van der Waals surface area contributed by atoms with Crippen molar-refractivity contribution in [3.63, 3.8) is 0 Å². The maximum atomic E-state index is 13.3. The van der Waals surface area contributed by atoms with Crippen LogP contribution in [0.2, 0.25) is 0 Å². The van der Waals surface area contributed by atoms with E-state index in [2.05, 4.69) is 0 Å². The zero-order valence-corrected chi connectivity index (χ0v) is 11.5. The summed E-state index contributed by atoms with van der Waals surface area (Å²) in [5.41, 5.74) is 7.05. The zero-order chi connectivity index (χ0) is 13.0. The van der Waals surface area contributed by atoms with Crippen LogP contribution in [0.3, 0.4) is 0 Å². The van der Waals surface area contributed by atoms with Crippen LogP contribution in [0.5, 0.6) is 0 Å². The lowest BCUT2D eigenvalue weighted by Gasteiger charge is -2.28. The van der Waals surface area contributed by atoms with Gasteiger partial charge in [-0.1, -0.05) is 12.1 Å². The summed E-state index contributed by atoms with van der Waals surface area (Å²) < 4.78 is 18.7. The Morgan fingerprint density at radius 1 is 1.39 bits per heavy atom. The molecule has 18 heavy (non-hydrogen) atoms. The molecule has 0 radical (unpaired) electrons. The number of hydrogen-bond acceptors (Lipinski definition) is 3. The molecule has 2 unspecified atom stereocenters. The molecule has 1 saturated heterocycles. The van der Waals surface area contributed by atoms with Gasteiger partial charge in [0.25, 0.3) is 0 Å². The predicted octanol–water partition coefficient (Wildman–Crippen LogP) is 3.13. The summed E-state index contributed by atoms with van der Waals surface area (Å²) in [4.78, 5) is 0. The third-order valence-electron chi connectivity index (χ3n) is 3.16. The Labute approximate surface area is 112 Å². The lowest BCUT2D eigenvalue weighted by molar-refractivity contribution is 0.0999. The van der Waals surface area contributed by atoms with Gasteiger partial charge < -0.3 is 10.5 Å². The number of halogens is 1. The summed E-state index contributed by atoms with van der Waals surface area (Å²) in [6.45, 7) is 3.64. The molecule has 0 amide bonds. The molecule has 1 aliphatic heterocycles. The van der Waals surface area contributed by atoms with E-state index in [0.717, 1.165) is 31.6 Å². The molecule has 2 nitrogen and oxygen atoms in total. The van der Waals surface area contributed by atoms with Gasteiger partial charge in [-0.2, -0.15) is 0 Å². The van der Waals surface area contributed by atoms with Gasteiger partial charge in [-0.3, -0.25) is 0 Å². The molecule has 1 heterocycles. The molecule has 0 saturated carbocycles. The highest BCUT2D eigenvalue weighted by molar-refractivity contribution is 8.00. The first-order valence-electron chi connectivity index (χ1n) is 6.41. The van der Waals surface area contributed by atoms with E-state index < -0.39 is 0 Å². The van der Waals surface area contributed by atoms with Crippen LogP contribution in [-0.4, -0.2) is 24.5 Å². The van der Waals surface area contributed by atoms with E-state index >= 15 is 0 Å². The van der Waals surface area contributed by atoms with Crippen LogP contribution in [0.25, 0.3) is 0 Å². The van der Waals surface area contributed by atoms with Crippen molar-refractivity contribution in [1.29, 1.82) is 0 Å². The first-order valence-corrected chi connectivity index (χ1v) is 7.35. The Morgan fingerprint density at radius 2 is 2.11 bits per heavy atom. The number of nitrogens with two attached hydrogens (primary N) is 1. The SMILES string of the molecule is CC(N)C(SC1CCOCC1)c1cccc(F)c1. The van der Waals surface area contributed by atoms with Crippen LogP contribution in [0.15, 0.2) is 24.3 Å². The van der Waals surface area contributed by atoms with E-state index in [-0.39, 0.29) is 17.1 Å². The molecular weight excluding hydrogens is 249 g/mol. The lowest BCUT2D eigenvalue weighted by Crippen LogP contribution is -2.26. The number of ether oxygens (including phenoxy) is 1. The van der Waals surface area contributed by atoms with Gasteiger partial charge in [0, 0.05) is 29.8 Å². The monoisotopic (exact) mass is 269 g/mol. The molecule has 100 valence electrons. The highest BCUT2D eigenvalue weighted by Gasteiger charge is 2.23. The van der Waals surface area contributed by atoms with Crippen molar-refractivity contribution >= 4 is 11.8 Å². The van der Waals surface area contributed by atoms with Crippen molar-refractivity contribution in [1.82, 2.24) is 0 Å². The van der Waals surface area contributed by atoms with Gasteiger partial charge >= 0.3 is 0 Å². The van der Waals surface area contributed by atoms with Gasteiger partial charge in [-0.05, 0) is 37.5 Å². The van der Waals surface area contributed by atoms with Crippen LogP contribution in [0.1, 0.15) is 30.6 Å².